The van der Waals surface area contributed by atoms with Crippen molar-refractivity contribution in [2.75, 3.05) is 32.7 Å². The summed E-state index contributed by atoms with van der Waals surface area (Å²) in [5.74, 6) is 1.01. The van der Waals surface area contributed by atoms with Crippen LogP contribution in [0.25, 0.3) is 0 Å². The van der Waals surface area contributed by atoms with Gasteiger partial charge in [-0.15, -0.1) is 0 Å². The van der Waals surface area contributed by atoms with Crippen molar-refractivity contribution in [1.29, 1.82) is 0 Å². The Morgan fingerprint density at radius 3 is 2.63 bits per heavy atom. The summed E-state index contributed by atoms with van der Waals surface area (Å²) in [4.78, 5) is 2.68. The van der Waals surface area contributed by atoms with E-state index >= 15 is 0 Å². The molecule has 1 aliphatic rings. The Hall–Kier alpha value is -0.0800. The highest BCUT2D eigenvalue weighted by Crippen LogP contribution is 2.21. The van der Waals surface area contributed by atoms with Crippen molar-refractivity contribution in [2.24, 2.45) is 5.92 Å². The lowest BCUT2D eigenvalue weighted by molar-refractivity contribution is 0.278. The maximum absolute atomic E-state index is 3.61. The zero-order chi connectivity index (χ0) is 13.8. The number of nitrogens with zero attached hydrogens (tertiary/aromatic N) is 1. The second-order valence-electron chi connectivity index (χ2n) is 6.24. The molecule has 0 amide bonds. The van der Waals surface area contributed by atoms with Crippen molar-refractivity contribution in [3.05, 3.63) is 0 Å². The second kappa shape index (κ2) is 11.7. The summed E-state index contributed by atoms with van der Waals surface area (Å²) in [6.07, 6.45) is 12.6. The highest BCUT2D eigenvalue weighted by molar-refractivity contribution is 4.70. The molecule has 0 bridgehead atoms. The van der Waals surface area contributed by atoms with E-state index in [1.165, 1.54) is 90.5 Å². The third kappa shape index (κ3) is 8.65. The highest BCUT2D eigenvalue weighted by Gasteiger charge is 2.15. The maximum atomic E-state index is 3.61. The van der Waals surface area contributed by atoms with E-state index in [2.05, 4.69) is 24.1 Å². The molecule has 1 rings (SSSR count). The van der Waals surface area contributed by atoms with Crippen LogP contribution < -0.4 is 5.32 Å². The summed E-state index contributed by atoms with van der Waals surface area (Å²) in [6.45, 7) is 10.9. The Balaban J connectivity index is 1.97. The van der Waals surface area contributed by atoms with Crippen LogP contribution in [-0.2, 0) is 0 Å². The average molecular weight is 268 g/mol. The van der Waals surface area contributed by atoms with E-state index in [0.717, 1.165) is 5.92 Å². The average Bonchev–Trinajstić information content (AvgIpc) is 2.64. The SMILES string of the molecule is CCCCCCNCCN1CCCC(CCC)CC1. The molecule has 0 saturated carbocycles. The van der Waals surface area contributed by atoms with Crippen LogP contribution in [0.2, 0.25) is 0 Å². The van der Waals surface area contributed by atoms with Crippen molar-refractivity contribution in [2.45, 2.75) is 71.6 Å². The van der Waals surface area contributed by atoms with Gasteiger partial charge in [0.2, 0.25) is 0 Å². The van der Waals surface area contributed by atoms with E-state index in [4.69, 9.17) is 0 Å². The summed E-state index contributed by atoms with van der Waals surface area (Å²) < 4.78 is 0. The fraction of sp³-hybridized carbons (Fsp3) is 1.00. The lowest BCUT2D eigenvalue weighted by Crippen LogP contribution is -2.33. The zero-order valence-electron chi connectivity index (χ0n) is 13.4. The zero-order valence-corrected chi connectivity index (χ0v) is 13.4. The summed E-state index contributed by atoms with van der Waals surface area (Å²) in [6, 6.07) is 0. The van der Waals surface area contributed by atoms with Crippen LogP contribution in [0.1, 0.15) is 71.6 Å². The summed E-state index contributed by atoms with van der Waals surface area (Å²) in [5.41, 5.74) is 0. The molecular weight excluding hydrogens is 232 g/mol. The monoisotopic (exact) mass is 268 g/mol. The van der Waals surface area contributed by atoms with E-state index in [1.54, 1.807) is 0 Å². The second-order valence-corrected chi connectivity index (χ2v) is 6.24. The van der Waals surface area contributed by atoms with E-state index in [0.29, 0.717) is 0 Å². The summed E-state index contributed by atoms with van der Waals surface area (Å²) >= 11 is 0. The van der Waals surface area contributed by atoms with E-state index in [-0.39, 0.29) is 0 Å². The Morgan fingerprint density at radius 2 is 1.84 bits per heavy atom. The lowest BCUT2D eigenvalue weighted by Gasteiger charge is -2.20. The summed E-state index contributed by atoms with van der Waals surface area (Å²) in [7, 11) is 0. The van der Waals surface area contributed by atoms with Gasteiger partial charge in [0, 0.05) is 13.1 Å². The molecule has 1 N–H and O–H groups in total. The molecule has 1 heterocycles. The maximum Gasteiger partial charge on any atom is 0.0107 e. The van der Waals surface area contributed by atoms with Gasteiger partial charge in [-0.3, -0.25) is 0 Å². The van der Waals surface area contributed by atoms with Gasteiger partial charge in [-0.25, -0.2) is 0 Å². The molecule has 0 aromatic rings. The first-order chi connectivity index (χ1) is 9.36. The predicted molar refractivity (Wildman–Crippen MR) is 85.7 cm³/mol. The van der Waals surface area contributed by atoms with Crippen LogP contribution in [0.5, 0.6) is 0 Å². The quantitative estimate of drug-likeness (QED) is 0.601. The lowest BCUT2D eigenvalue weighted by atomic mass is 9.96. The van der Waals surface area contributed by atoms with Gasteiger partial charge in [0.15, 0.2) is 0 Å². The van der Waals surface area contributed by atoms with Crippen LogP contribution in [0.15, 0.2) is 0 Å². The predicted octanol–water partition coefficient (Wildman–Crippen LogP) is 4.06. The molecular formula is C17H36N2. The smallest absolute Gasteiger partial charge is 0.0107 e. The Morgan fingerprint density at radius 1 is 0.947 bits per heavy atom. The van der Waals surface area contributed by atoms with Gasteiger partial charge >= 0.3 is 0 Å². The third-order valence-corrected chi connectivity index (χ3v) is 4.45. The molecule has 114 valence electrons. The fourth-order valence-electron chi connectivity index (χ4n) is 3.18. The largest absolute Gasteiger partial charge is 0.315 e. The minimum atomic E-state index is 1.01. The molecule has 0 radical (unpaired) electrons. The number of unbranched alkanes of at least 4 members (excludes halogenated alkanes) is 3. The molecule has 0 aromatic carbocycles. The normalized spacial score (nSPS) is 21.5. The van der Waals surface area contributed by atoms with Gasteiger partial charge in [-0.2, -0.15) is 0 Å². The van der Waals surface area contributed by atoms with Crippen molar-refractivity contribution in [3.63, 3.8) is 0 Å². The van der Waals surface area contributed by atoms with Gasteiger partial charge in [-0.1, -0.05) is 46.0 Å². The first-order valence-electron chi connectivity index (χ1n) is 8.79. The van der Waals surface area contributed by atoms with E-state index in [1.807, 2.05) is 0 Å². The van der Waals surface area contributed by atoms with E-state index in [9.17, 15) is 0 Å². The van der Waals surface area contributed by atoms with Crippen LogP contribution in [0.3, 0.4) is 0 Å². The Kier molecular flexibility index (Phi) is 10.5. The van der Waals surface area contributed by atoms with Crippen molar-refractivity contribution < 1.29 is 0 Å². The standard InChI is InChI=1S/C17H36N2/c1-3-5-6-7-12-18-13-16-19-14-8-10-17(9-4-2)11-15-19/h17-18H,3-16H2,1-2H3. The van der Waals surface area contributed by atoms with Crippen molar-refractivity contribution in [1.82, 2.24) is 10.2 Å². The van der Waals surface area contributed by atoms with Crippen LogP contribution in [0, 0.1) is 5.92 Å². The molecule has 2 nitrogen and oxygen atoms in total. The van der Waals surface area contributed by atoms with Gasteiger partial charge in [-0.05, 0) is 51.2 Å². The molecule has 1 atom stereocenters. The Labute approximate surface area is 121 Å². The number of hydrogen-bond acceptors (Lipinski definition) is 2. The first kappa shape index (κ1) is 17.0. The minimum Gasteiger partial charge on any atom is -0.315 e. The third-order valence-electron chi connectivity index (χ3n) is 4.45. The minimum absolute atomic E-state index is 1.01. The molecule has 2 heteroatoms. The van der Waals surface area contributed by atoms with Gasteiger partial charge in [0.05, 0.1) is 0 Å². The molecule has 1 unspecified atom stereocenters. The molecule has 1 saturated heterocycles. The van der Waals surface area contributed by atoms with Gasteiger partial charge in [0.1, 0.15) is 0 Å². The van der Waals surface area contributed by atoms with Crippen LogP contribution in [-0.4, -0.2) is 37.6 Å². The van der Waals surface area contributed by atoms with Crippen molar-refractivity contribution >= 4 is 0 Å². The number of nitrogens with one attached hydrogen (secondary N) is 1. The van der Waals surface area contributed by atoms with Crippen LogP contribution in [0.4, 0.5) is 0 Å². The fourth-order valence-corrected chi connectivity index (χ4v) is 3.18. The molecule has 0 spiro atoms. The number of hydrogen-bond donors (Lipinski definition) is 1. The molecule has 19 heavy (non-hydrogen) atoms. The van der Waals surface area contributed by atoms with Gasteiger partial charge < -0.3 is 10.2 Å². The summed E-state index contributed by atoms with van der Waals surface area (Å²) in [5, 5.41) is 3.61. The van der Waals surface area contributed by atoms with E-state index < -0.39 is 0 Å². The highest BCUT2D eigenvalue weighted by atomic mass is 15.1. The molecule has 1 fully saturated rings. The van der Waals surface area contributed by atoms with Crippen LogP contribution >= 0.6 is 0 Å². The number of likely N-dealkylation sites (tertiary alicyclic amines) is 1. The topological polar surface area (TPSA) is 15.3 Å². The molecule has 0 aliphatic carbocycles. The Bertz CT molecular complexity index is 194. The number of rotatable bonds is 10. The van der Waals surface area contributed by atoms with Crippen molar-refractivity contribution in [3.8, 4) is 0 Å². The van der Waals surface area contributed by atoms with Gasteiger partial charge in [0.25, 0.3) is 0 Å². The molecule has 1 aliphatic heterocycles. The molecule has 0 aromatic heterocycles. The first-order valence-corrected chi connectivity index (χ1v) is 8.79.